The van der Waals surface area contributed by atoms with Crippen molar-refractivity contribution in [1.82, 2.24) is 0 Å². The third kappa shape index (κ3) is 1.77. The van der Waals surface area contributed by atoms with Gasteiger partial charge in [-0.2, -0.15) is 0 Å². The van der Waals surface area contributed by atoms with Gasteiger partial charge >= 0.3 is 0 Å². The van der Waals surface area contributed by atoms with Crippen LogP contribution in [0.3, 0.4) is 0 Å². The molecule has 0 aliphatic carbocycles. The minimum atomic E-state index is -0.193. The van der Waals surface area contributed by atoms with Gasteiger partial charge in [0.15, 0.2) is 12.1 Å². The third-order valence-electron chi connectivity index (χ3n) is 1.85. The number of hydrogen-bond donors (Lipinski definition) is 0. The maximum Gasteiger partial charge on any atom is 0.160 e. The lowest BCUT2D eigenvalue weighted by Gasteiger charge is -2.08. The Hall–Kier alpha value is -1.35. The van der Waals surface area contributed by atoms with Gasteiger partial charge in [-0.15, -0.1) is 0 Å². The molecule has 0 unspecified atom stereocenters. The number of carbonyl (C=O) groups excluding carboxylic acids is 2. The van der Waals surface area contributed by atoms with Crippen LogP contribution in [0.2, 0.25) is 5.02 Å². The van der Waals surface area contributed by atoms with Crippen molar-refractivity contribution in [3.8, 4) is 5.75 Å². The lowest BCUT2D eigenvalue weighted by molar-refractivity contribution is 0.100. The molecule has 14 heavy (non-hydrogen) atoms. The molecule has 4 heteroatoms. The van der Waals surface area contributed by atoms with E-state index in [0.29, 0.717) is 16.9 Å². The Kier molecular flexibility index (Phi) is 3.25. The van der Waals surface area contributed by atoms with Crippen molar-refractivity contribution < 1.29 is 14.3 Å². The summed E-state index contributed by atoms with van der Waals surface area (Å²) in [5.74, 6) is 0.0523. The molecule has 0 heterocycles. The van der Waals surface area contributed by atoms with E-state index in [9.17, 15) is 9.59 Å². The lowest BCUT2D eigenvalue weighted by atomic mass is 10.0. The molecule has 0 fully saturated rings. The van der Waals surface area contributed by atoms with Gasteiger partial charge in [-0.05, 0) is 19.1 Å². The molecule has 0 bridgehead atoms. The molecule has 0 aliphatic rings. The summed E-state index contributed by atoms with van der Waals surface area (Å²) in [6.45, 7) is 1.38. The van der Waals surface area contributed by atoms with E-state index in [2.05, 4.69) is 0 Å². The van der Waals surface area contributed by atoms with E-state index in [1.165, 1.54) is 26.2 Å². The summed E-state index contributed by atoms with van der Waals surface area (Å²) in [7, 11) is 1.40. The number of hydrogen-bond acceptors (Lipinski definition) is 3. The molecule has 0 saturated heterocycles. The average molecular weight is 213 g/mol. The Balaban J connectivity index is 3.48. The van der Waals surface area contributed by atoms with Crippen molar-refractivity contribution in [2.45, 2.75) is 6.92 Å². The van der Waals surface area contributed by atoms with Crippen molar-refractivity contribution in [2.75, 3.05) is 7.11 Å². The zero-order chi connectivity index (χ0) is 10.7. The number of Topliss-reactive ketones (excluding diaryl/α,β-unsaturated/α-hetero) is 1. The summed E-state index contributed by atoms with van der Waals surface area (Å²) in [5, 5.41) is 0.319. The van der Waals surface area contributed by atoms with Crippen LogP contribution in [0.1, 0.15) is 27.6 Å². The molecule has 74 valence electrons. The fourth-order valence-electron chi connectivity index (χ4n) is 1.20. The van der Waals surface area contributed by atoms with Gasteiger partial charge in [0.1, 0.15) is 5.75 Å². The van der Waals surface area contributed by atoms with E-state index >= 15 is 0 Å². The van der Waals surface area contributed by atoms with Crippen molar-refractivity contribution >= 4 is 23.7 Å². The zero-order valence-electron chi connectivity index (χ0n) is 7.83. The smallest absolute Gasteiger partial charge is 0.160 e. The quantitative estimate of drug-likeness (QED) is 0.571. The second-order valence-electron chi connectivity index (χ2n) is 2.72. The van der Waals surface area contributed by atoms with Gasteiger partial charge in [-0.25, -0.2) is 0 Å². The fourth-order valence-corrected chi connectivity index (χ4v) is 1.45. The fraction of sp³-hybridized carbons (Fsp3) is 0.200. The summed E-state index contributed by atoms with van der Waals surface area (Å²) >= 11 is 5.79. The van der Waals surface area contributed by atoms with Crippen LogP contribution in [0.4, 0.5) is 0 Å². The van der Waals surface area contributed by atoms with Crippen LogP contribution in [0, 0.1) is 0 Å². The minimum absolute atomic E-state index is 0.193. The SMILES string of the molecule is COc1c(Cl)ccc(C(C)=O)c1C=O. The van der Waals surface area contributed by atoms with Gasteiger partial charge in [0.2, 0.25) is 0 Å². The van der Waals surface area contributed by atoms with Gasteiger partial charge < -0.3 is 4.74 Å². The lowest BCUT2D eigenvalue weighted by Crippen LogP contribution is -2.02. The van der Waals surface area contributed by atoms with Gasteiger partial charge in [-0.3, -0.25) is 9.59 Å². The summed E-state index contributed by atoms with van der Waals surface area (Å²) in [6, 6.07) is 3.04. The number of aldehydes is 1. The first-order valence-electron chi connectivity index (χ1n) is 3.94. The van der Waals surface area contributed by atoms with Crippen LogP contribution in [0.25, 0.3) is 0 Å². The average Bonchev–Trinajstić information content (AvgIpc) is 2.16. The topological polar surface area (TPSA) is 43.4 Å². The van der Waals surface area contributed by atoms with Gasteiger partial charge in [0, 0.05) is 5.56 Å². The van der Waals surface area contributed by atoms with E-state index in [4.69, 9.17) is 16.3 Å². The Morgan fingerprint density at radius 3 is 2.57 bits per heavy atom. The molecule has 1 rings (SSSR count). The van der Waals surface area contributed by atoms with E-state index < -0.39 is 0 Å². The van der Waals surface area contributed by atoms with Crippen LogP contribution >= 0.6 is 11.6 Å². The molecule has 0 aromatic heterocycles. The van der Waals surface area contributed by atoms with Crippen LogP contribution in [-0.2, 0) is 0 Å². The second-order valence-corrected chi connectivity index (χ2v) is 3.12. The maximum absolute atomic E-state index is 11.1. The minimum Gasteiger partial charge on any atom is -0.494 e. The molecule has 0 saturated carbocycles. The molecular formula is C10H9ClO3. The van der Waals surface area contributed by atoms with Crippen molar-refractivity contribution in [1.29, 1.82) is 0 Å². The standard InChI is InChI=1S/C10H9ClO3/c1-6(13)7-3-4-9(11)10(14-2)8(7)5-12/h3-5H,1-2H3. The highest BCUT2D eigenvalue weighted by Crippen LogP contribution is 2.30. The molecule has 0 aliphatic heterocycles. The molecule has 0 atom stereocenters. The molecule has 0 amide bonds. The number of ether oxygens (including phenoxy) is 1. The first kappa shape index (κ1) is 10.7. The number of benzene rings is 1. The van der Waals surface area contributed by atoms with E-state index in [-0.39, 0.29) is 17.1 Å². The van der Waals surface area contributed by atoms with E-state index in [1.54, 1.807) is 0 Å². The number of carbonyl (C=O) groups is 2. The Bertz CT molecular complexity index is 385. The highest BCUT2D eigenvalue weighted by molar-refractivity contribution is 6.32. The molecule has 0 radical (unpaired) electrons. The summed E-state index contributed by atoms with van der Waals surface area (Å²) in [6.07, 6.45) is 0.571. The second kappa shape index (κ2) is 4.24. The van der Waals surface area contributed by atoms with E-state index in [0.717, 1.165) is 0 Å². The van der Waals surface area contributed by atoms with Crippen molar-refractivity contribution in [3.63, 3.8) is 0 Å². The Morgan fingerprint density at radius 1 is 1.50 bits per heavy atom. The molecule has 3 nitrogen and oxygen atoms in total. The largest absolute Gasteiger partial charge is 0.494 e. The summed E-state index contributed by atoms with van der Waals surface area (Å²) in [4.78, 5) is 21.9. The van der Waals surface area contributed by atoms with Crippen LogP contribution in [-0.4, -0.2) is 19.2 Å². The zero-order valence-corrected chi connectivity index (χ0v) is 8.59. The Labute approximate surface area is 86.6 Å². The normalized spacial score (nSPS) is 9.64. The predicted molar refractivity (Wildman–Crippen MR) is 53.4 cm³/mol. The van der Waals surface area contributed by atoms with Gasteiger partial charge in [-0.1, -0.05) is 11.6 Å². The molecule has 1 aromatic carbocycles. The molecule has 1 aromatic rings. The highest BCUT2D eigenvalue weighted by atomic mass is 35.5. The van der Waals surface area contributed by atoms with Gasteiger partial charge in [0.05, 0.1) is 17.7 Å². The third-order valence-corrected chi connectivity index (χ3v) is 2.15. The van der Waals surface area contributed by atoms with Gasteiger partial charge in [0.25, 0.3) is 0 Å². The number of halogens is 1. The molecular weight excluding hydrogens is 204 g/mol. The summed E-state index contributed by atoms with van der Waals surface area (Å²) < 4.78 is 4.94. The maximum atomic E-state index is 11.1. The number of ketones is 1. The monoisotopic (exact) mass is 212 g/mol. The van der Waals surface area contributed by atoms with Crippen molar-refractivity contribution in [3.05, 3.63) is 28.3 Å². The highest BCUT2D eigenvalue weighted by Gasteiger charge is 2.14. The summed E-state index contributed by atoms with van der Waals surface area (Å²) in [5.41, 5.74) is 0.522. The van der Waals surface area contributed by atoms with E-state index in [1.807, 2.05) is 0 Å². The molecule has 0 N–H and O–H groups in total. The van der Waals surface area contributed by atoms with Crippen LogP contribution in [0.5, 0.6) is 5.75 Å². The number of methoxy groups -OCH3 is 1. The van der Waals surface area contributed by atoms with Crippen LogP contribution < -0.4 is 4.74 Å². The first-order valence-corrected chi connectivity index (χ1v) is 4.32. The molecule has 0 spiro atoms. The predicted octanol–water partition coefficient (Wildman–Crippen LogP) is 2.36. The van der Waals surface area contributed by atoms with Crippen molar-refractivity contribution in [2.24, 2.45) is 0 Å². The Morgan fingerprint density at radius 2 is 2.14 bits per heavy atom. The first-order chi connectivity index (χ1) is 6.61. The van der Waals surface area contributed by atoms with Crippen LogP contribution in [0.15, 0.2) is 12.1 Å². The number of rotatable bonds is 3.